The third-order valence-electron chi connectivity index (χ3n) is 5.05. The van der Waals surface area contributed by atoms with Gasteiger partial charge >= 0.3 is 0 Å². The normalized spacial score (nSPS) is 15.5. The largest absolute Gasteiger partial charge is 0.302 e. The summed E-state index contributed by atoms with van der Waals surface area (Å²) in [5.74, 6) is -0.556. The monoisotopic (exact) mass is 512 g/mol. The number of nitrogens with one attached hydrogen (secondary N) is 1. The Kier molecular flexibility index (Phi) is 6.58. The minimum absolute atomic E-state index is 0.0346. The molecule has 0 saturated carbocycles. The Morgan fingerprint density at radius 1 is 1.25 bits per heavy atom. The van der Waals surface area contributed by atoms with Crippen molar-refractivity contribution in [1.29, 1.82) is 0 Å². The number of nitro benzene ring substituents is 1. The molecular formula is C19H17ClN4O5S3. The molecule has 0 atom stereocenters. The molecule has 32 heavy (non-hydrogen) atoms. The van der Waals surface area contributed by atoms with Crippen molar-refractivity contribution in [3.05, 3.63) is 56.2 Å². The van der Waals surface area contributed by atoms with Crippen LogP contribution in [0.2, 0.25) is 4.34 Å². The van der Waals surface area contributed by atoms with Crippen LogP contribution in [0.25, 0.3) is 11.3 Å². The lowest BCUT2D eigenvalue weighted by molar-refractivity contribution is -0.384. The van der Waals surface area contributed by atoms with Gasteiger partial charge in [-0.3, -0.25) is 14.9 Å². The first-order valence-electron chi connectivity index (χ1n) is 9.51. The number of nitrogens with zero attached hydrogens (tertiary/aromatic N) is 3. The van der Waals surface area contributed by atoms with Gasteiger partial charge in [0.15, 0.2) is 5.13 Å². The van der Waals surface area contributed by atoms with Gasteiger partial charge in [-0.25, -0.2) is 13.4 Å². The number of halogens is 1. The van der Waals surface area contributed by atoms with Crippen LogP contribution in [-0.4, -0.2) is 41.6 Å². The maximum absolute atomic E-state index is 12.7. The van der Waals surface area contributed by atoms with E-state index in [-0.39, 0.29) is 34.8 Å². The van der Waals surface area contributed by atoms with Crippen LogP contribution in [-0.2, 0) is 14.8 Å². The first kappa shape index (κ1) is 22.8. The van der Waals surface area contributed by atoms with E-state index in [9.17, 15) is 23.3 Å². The number of non-ortho nitro benzene ring substituents is 1. The number of amides is 1. The van der Waals surface area contributed by atoms with Gasteiger partial charge in [0.05, 0.1) is 15.0 Å². The molecule has 1 N–H and O–H groups in total. The summed E-state index contributed by atoms with van der Waals surface area (Å²) >= 11 is 8.09. The number of hydrogen-bond acceptors (Lipinski definition) is 8. The van der Waals surface area contributed by atoms with Gasteiger partial charge in [0, 0.05) is 42.1 Å². The third kappa shape index (κ3) is 4.84. The summed E-state index contributed by atoms with van der Waals surface area (Å²) in [6.45, 7) is 0.486. The molecule has 0 bridgehead atoms. The summed E-state index contributed by atoms with van der Waals surface area (Å²) in [4.78, 5) is 27.5. The van der Waals surface area contributed by atoms with Gasteiger partial charge in [0.25, 0.3) is 15.7 Å². The summed E-state index contributed by atoms with van der Waals surface area (Å²) in [5, 5.41) is 15.8. The summed E-state index contributed by atoms with van der Waals surface area (Å²) in [7, 11) is -3.61. The number of thiazole rings is 1. The molecule has 2 aromatic heterocycles. The number of carbonyl (C=O) groups is 1. The van der Waals surface area contributed by atoms with Gasteiger partial charge in [-0.05, 0) is 25.0 Å². The number of aromatic nitrogens is 1. The second-order valence-corrected chi connectivity index (χ2v) is 11.8. The second-order valence-electron chi connectivity index (χ2n) is 7.07. The van der Waals surface area contributed by atoms with Crippen molar-refractivity contribution in [3.8, 4) is 11.3 Å². The molecule has 1 aromatic carbocycles. The number of rotatable bonds is 6. The Balaban J connectivity index is 1.37. The molecule has 0 unspecified atom stereocenters. The molecule has 168 valence electrons. The number of piperidine rings is 1. The Morgan fingerprint density at radius 2 is 2.00 bits per heavy atom. The fourth-order valence-electron chi connectivity index (χ4n) is 3.37. The lowest BCUT2D eigenvalue weighted by Gasteiger charge is -2.29. The molecule has 1 aliphatic heterocycles. The summed E-state index contributed by atoms with van der Waals surface area (Å²) in [5.41, 5.74) is 1.08. The van der Waals surface area contributed by atoms with Crippen molar-refractivity contribution < 1.29 is 18.1 Å². The average Bonchev–Trinajstić information content (AvgIpc) is 3.43. The highest BCUT2D eigenvalue weighted by atomic mass is 35.5. The van der Waals surface area contributed by atoms with E-state index in [1.807, 2.05) is 0 Å². The van der Waals surface area contributed by atoms with Crippen molar-refractivity contribution in [2.75, 3.05) is 18.4 Å². The van der Waals surface area contributed by atoms with Crippen LogP contribution in [0.5, 0.6) is 0 Å². The molecule has 3 heterocycles. The zero-order valence-electron chi connectivity index (χ0n) is 16.4. The molecule has 0 radical (unpaired) electrons. The first-order valence-corrected chi connectivity index (χ1v) is 13.0. The summed E-state index contributed by atoms with van der Waals surface area (Å²) in [6, 6.07) is 9.16. The number of sulfonamides is 1. The molecule has 4 rings (SSSR count). The number of carbonyl (C=O) groups excluding carboxylic acids is 1. The molecule has 13 heteroatoms. The Morgan fingerprint density at radius 3 is 2.66 bits per heavy atom. The average molecular weight is 513 g/mol. The maximum Gasteiger partial charge on any atom is 0.270 e. The topological polar surface area (TPSA) is 123 Å². The van der Waals surface area contributed by atoms with Gasteiger partial charge < -0.3 is 5.32 Å². The molecule has 1 saturated heterocycles. The highest BCUT2D eigenvalue weighted by Crippen LogP contribution is 2.32. The minimum atomic E-state index is -3.61. The molecule has 3 aromatic rings. The Bertz CT molecular complexity index is 1270. The summed E-state index contributed by atoms with van der Waals surface area (Å²) in [6.07, 6.45) is 0.792. The van der Waals surface area contributed by atoms with Crippen molar-refractivity contribution in [1.82, 2.24) is 9.29 Å². The van der Waals surface area contributed by atoms with Crippen LogP contribution in [0.15, 0.2) is 46.0 Å². The van der Waals surface area contributed by atoms with Gasteiger partial charge in [-0.15, -0.1) is 22.7 Å². The van der Waals surface area contributed by atoms with Crippen LogP contribution in [0.3, 0.4) is 0 Å². The molecule has 9 nitrogen and oxygen atoms in total. The van der Waals surface area contributed by atoms with Crippen molar-refractivity contribution >= 4 is 61.0 Å². The SMILES string of the molecule is O=C(Nc1nc(-c2cccc([N+](=O)[O-])c2)cs1)C1CCN(S(=O)(=O)c2ccc(Cl)s2)CC1. The van der Waals surface area contributed by atoms with Crippen LogP contribution < -0.4 is 5.32 Å². The molecular weight excluding hydrogens is 496 g/mol. The molecule has 0 aliphatic carbocycles. The maximum atomic E-state index is 12.7. The quantitative estimate of drug-likeness (QED) is 0.384. The molecule has 1 aliphatic rings. The third-order valence-corrected chi connectivity index (χ3v) is 9.41. The van der Waals surface area contributed by atoms with Crippen LogP contribution in [0.1, 0.15) is 12.8 Å². The zero-order valence-corrected chi connectivity index (χ0v) is 19.6. The first-order chi connectivity index (χ1) is 15.2. The molecule has 1 fully saturated rings. The van der Waals surface area contributed by atoms with Gasteiger partial charge in [-0.2, -0.15) is 4.31 Å². The second kappa shape index (κ2) is 9.24. The van der Waals surface area contributed by atoms with Crippen LogP contribution in [0.4, 0.5) is 10.8 Å². The van der Waals surface area contributed by atoms with E-state index in [0.29, 0.717) is 33.6 Å². The van der Waals surface area contributed by atoms with E-state index in [1.54, 1.807) is 23.6 Å². The van der Waals surface area contributed by atoms with Gasteiger partial charge in [-0.1, -0.05) is 23.7 Å². The van der Waals surface area contributed by atoms with Gasteiger partial charge in [0.1, 0.15) is 4.21 Å². The number of thiophene rings is 1. The smallest absolute Gasteiger partial charge is 0.270 e. The molecule has 1 amide bonds. The lowest BCUT2D eigenvalue weighted by atomic mass is 9.97. The lowest BCUT2D eigenvalue weighted by Crippen LogP contribution is -2.41. The Labute approximate surface area is 196 Å². The number of nitro groups is 1. The van der Waals surface area contributed by atoms with Crippen LogP contribution >= 0.6 is 34.3 Å². The van der Waals surface area contributed by atoms with Crippen molar-refractivity contribution in [2.45, 2.75) is 17.1 Å². The predicted octanol–water partition coefficient (Wildman–Crippen LogP) is 4.47. The van der Waals surface area contributed by atoms with Gasteiger partial charge in [0.2, 0.25) is 5.91 Å². The van der Waals surface area contributed by atoms with E-state index in [4.69, 9.17) is 11.6 Å². The highest BCUT2D eigenvalue weighted by Gasteiger charge is 2.33. The fraction of sp³-hybridized carbons (Fsp3) is 0.263. The van der Waals surface area contributed by atoms with E-state index in [0.717, 1.165) is 11.3 Å². The van der Waals surface area contributed by atoms with E-state index in [1.165, 1.54) is 33.8 Å². The fourth-order valence-corrected chi connectivity index (χ4v) is 7.20. The van der Waals surface area contributed by atoms with E-state index >= 15 is 0 Å². The van der Waals surface area contributed by atoms with Crippen molar-refractivity contribution in [3.63, 3.8) is 0 Å². The number of anilines is 1. The van der Waals surface area contributed by atoms with Crippen LogP contribution in [0, 0.1) is 16.0 Å². The zero-order chi connectivity index (χ0) is 22.9. The molecule has 0 spiro atoms. The Hall–Kier alpha value is -2.38. The standard InChI is InChI=1S/C19H17ClN4O5S3/c20-16-4-5-17(31-16)32(28,29)23-8-6-12(7-9-23)18(25)22-19-21-15(11-30-19)13-2-1-3-14(10-13)24(26)27/h1-5,10-12H,6-9H2,(H,21,22,25). The predicted molar refractivity (Wildman–Crippen MR) is 124 cm³/mol. The minimum Gasteiger partial charge on any atom is -0.302 e. The van der Waals surface area contributed by atoms with E-state index in [2.05, 4.69) is 10.3 Å². The number of benzene rings is 1. The van der Waals surface area contributed by atoms with Crippen molar-refractivity contribution in [2.24, 2.45) is 5.92 Å². The highest BCUT2D eigenvalue weighted by molar-refractivity contribution is 7.91. The summed E-state index contributed by atoms with van der Waals surface area (Å²) < 4.78 is 27.4. The van der Waals surface area contributed by atoms with E-state index < -0.39 is 14.9 Å². The number of hydrogen-bond donors (Lipinski definition) is 1.